The van der Waals surface area contributed by atoms with E-state index in [1.54, 1.807) is 6.92 Å². The zero-order valence-corrected chi connectivity index (χ0v) is 16.3. The standard InChI is InChI=1S/C17H26O10/c1-7-8(2)23-17-15(26-11(5)20)13(25-10(4)19)12(24-9(3)18)14(27-17)16(21)22-6/h8,12-15,17H,7H2,1-6H3/t8-,12?,13?,14?,15?,17?/m0/s1. The third-order valence-electron chi connectivity index (χ3n) is 3.78. The van der Waals surface area contributed by atoms with E-state index in [2.05, 4.69) is 0 Å². The zero-order chi connectivity index (χ0) is 20.7. The minimum absolute atomic E-state index is 0.324. The molecule has 1 fully saturated rings. The SMILES string of the molecule is CC[C@H](C)OC1OC(C(=O)OC)C(OC(C)=O)C(OC(C)=O)C1OC(C)=O. The van der Waals surface area contributed by atoms with Gasteiger partial charge in [0.15, 0.2) is 30.7 Å². The highest BCUT2D eigenvalue weighted by Gasteiger charge is 2.55. The highest BCUT2D eigenvalue weighted by molar-refractivity contribution is 5.77. The summed E-state index contributed by atoms with van der Waals surface area (Å²) in [5.74, 6) is -3.05. The molecular weight excluding hydrogens is 364 g/mol. The fourth-order valence-electron chi connectivity index (χ4n) is 2.51. The lowest BCUT2D eigenvalue weighted by molar-refractivity contribution is -0.309. The molecule has 0 aliphatic carbocycles. The van der Waals surface area contributed by atoms with Crippen LogP contribution in [0.4, 0.5) is 0 Å². The Morgan fingerprint density at radius 3 is 1.81 bits per heavy atom. The van der Waals surface area contributed by atoms with Gasteiger partial charge in [0.1, 0.15) is 0 Å². The molecule has 0 aromatic rings. The molecule has 0 aromatic carbocycles. The molecule has 0 bridgehead atoms. The van der Waals surface area contributed by atoms with Crippen molar-refractivity contribution < 1.29 is 47.6 Å². The molecule has 0 N–H and O–H groups in total. The van der Waals surface area contributed by atoms with E-state index in [0.717, 1.165) is 27.9 Å². The summed E-state index contributed by atoms with van der Waals surface area (Å²) in [5.41, 5.74) is 0. The van der Waals surface area contributed by atoms with Gasteiger partial charge in [0.2, 0.25) is 0 Å². The summed E-state index contributed by atoms with van der Waals surface area (Å²) in [4.78, 5) is 46.9. The molecule has 0 radical (unpaired) electrons. The molecule has 1 aliphatic rings. The van der Waals surface area contributed by atoms with Crippen LogP contribution in [0.25, 0.3) is 0 Å². The second-order valence-corrected chi connectivity index (χ2v) is 6.03. The number of esters is 4. The number of methoxy groups -OCH3 is 1. The van der Waals surface area contributed by atoms with Crippen LogP contribution in [0.3, 0.4) is 0 Å². The topological polar surface area (TPSA) is 124 Å². The van der Waals surface area contributed by atoms with Gasteiger partial charge in [-0.05, 0) is 13.3 Å². The fraction of sp³-hybridized carbons (Fsp3) is 0.765. The van der Waals surface area contributed by atoms with Gasteiger partial charge >= 0.3 is 23.9 Å². The number of carbonyl (C=O) groups excluding carboxylic acids is 4. The molecule has 154 valence electrons. The van der Waals surface area contributed by atoms with Crippen molar-refractivity contribution in [2.45, 2.75) is 77.8 Å². The van der Waals surface area contributed by atoms with Crippen LogP contribution in [-0.4, -0.2) is 67.8 Å². The van der Waals surface area contributed by atoms with Crippen molar-refractivity contribution in [1.29, 1.82) is 0 Å². The summed E-state index contributed by atoms with van der Waals surface area (Å²) in [5, 5.41) is 0. The van der Waals surface area contributed by atoms with Gasteiger partial charge in [0.25, 0.3) is 0 Å². The molecule has 1 saturated heterocycles. The first-order valence-corrected chi connectivity index (χ1v) is 8.51. The lowest BCUT2D eigenvalue weighted by atomic mass is 9.97. The van der Waals surface area contributed by atoms with Gasteiger partial charge in [0.05, 0.1) is 13.2 Å². The molecule has 1 aliphatic heterocycles. The maximum Gasteiger partial charge on any atom is 0.339 e. The average molecular weight is 390 g/mol. The normalized spacial score (nSPS) is 28.6. The van der Waals surface area contributed by atoms with Crippen LogP contribution in [0.5, 0.6) is 0 Å². The molecule has 5 unspecified atom stereocenters. The van der Waals surface area contributed by atoms with Crippen molar-refractivity contribution in [3.63, 3.8) is 0 Å². The zero-order valence-electron chi connectivity index (χ0n) is 16.3. The predicted octanol–water partition coefficient (Wildman–Crippen LogP) is 0.495. The minimum atomic E-state index is -1.44. The fourth-order valence-corrected chi connectivity index (χ4v) is 2.51. The summed E-state index contributed by atoms with van der Waals surface area (Å²) in [6.45, 7) is 7.00. The third-order valence-corrected chi connectivity index (χ3v) is 3.78. The summed E-state index contributed by atoms with van der Waals surface area (Å²) in [7, 11) is 1.13. The Bertz CT molecular complexity index is 560. The molecule has 0 aromatic heterocycles. The highest BCUT2D eigenvalue weighted by Crippen LogP contribution is 2.31. The Kier molecular flexibility index (Phi) is 8.64. The average Bonchev–Trinajstić information content (AvgIpc) is 2.57. The number of hydrogen-bond acceptors (Lipinski definition) is 10. The van der Waals surface area contributed by atoms with E-state index in [9.17, 15) is 19.2 Å². The Morgan fingerprint density at radius 2 is 1.37 bits per heavy atom. The Labute approximate surface area is 157 Å². The predicted molar refractivity (Wildman–Crippen MR) is 88.2 cm³/mol. The molecule has 1 heterocycles. The molecule has 27 heavy (non-hydrogen) atoms. The first-order chi connectivity index (χ1) is 12.6. The summed E-state index contributed by atoms with van der Waals surface area (Å²) < 4.78 is 31.6. The maximum absolute atomic E-state index is 12.2. The van der Waals surface area contributed by atoms with Gasteiger partial charge in [0, 0.05) is 20.8 Å². The van der Waals surface area contributed by atoms with E-state index >= 15 is 0 Å². The molecular formula is C17H26O10. The Morgan fingerprint density at radius 1 is 0.889 bits per heavy atom. The second kappa shape index (κ2) is 10.2. The van der Waals surface area contributed by atoms with E-state index in [1.165, 1.54) is 0 Å². The summed E-state index contributed by atoms with van der Waals surface area (Å²) in [6, 6.07) is 0. The first-order valence-electron chi connectivity index (χ1n) is 8.51. The quantitative estimate of drug-likeness (QED) is 0.448. The summed E-state index contributed by atoms with van der Waals surface area (Å²) in [6.07, 6.45) is -6.39. The highest BCUT2D eigenvalue weighted by atomic mass is 16.7. The van der Waals surface area contributed by atoms with Crippen LogP contribution in [-0.2, 0) is 47.6 Å². The van der Waals surface area contributed by atoms with E-state index in [-0.39, 0.29) is 6.10 Å². The largest absolute Gasteiger partial charge is 0.467 e. The number of hydrogen-bond donors (Lipinski definition) is 0. The van der Waals surface area contributed by atoms with Crippen molar-refractivity contribution in [3.05, 3.63) is 0 Å². The third kappa shape index (κ3) is 6.47. The van der Waals surface area contributed by atoms with Crippen molar-refractivity contribution >= 4 is 23.9 Å². The van der Waals surface area contributed by atoms with Crippen LogP contribution in [0.15, 0.2) is 0 Å². The van der Waals surface area contributed by atoms with E-state index < -0.39 is 54.6 Å². The van der Waals surface area contributed by atoms with Gasteiger partial charge < -0.3 is 28.4 Å². The molecule has 1 rings (SSSR count). The second-order valence-electron chi connectivity index (χ2n) is 6.03. The van der Waals surface area contributed by atoms with Crippen molar-refractivity contribution in [2.75, 3.05) is 7.11 Å². The van der Waals surface area contributed by atoms with Crippen LogP contribution in [0.2, 0.25) is 0 Å². The van der Waals surface area contributed by atoms with E-state index in [1.807, 2.05) is 6.92 Å². The van der Waals surface area contributed by atoms with Crippen molar-refractivity contribution in [2.24, 2.45) is 0 Å². The molecule has 6 atom stereocenters. The Hall–Kier alpha value is -2.20. The van der Waals surface area contributed by atoms with Crippen LogP contribution in [0, 0.1) is 0 Å². The molecule has 0 saturated carbocycles. The van der Waals surface area contributed by atoms with Crippen LogP contribution < -0.4 is 0 Å². The van der Waals surface area contributed by atoms with Crippen LogP contribution >= 0.6 is 0 Å². The van der Waals surface area contributed by atoms with E-state index in [0.29, 0.717) is 6.42 Å². The lowest BCUT2D eigenvalue weighted by Gasteiger charge is -2.43. The van der Waals surface area contributed by atoms with Gasteiger partial charge in [-0.3, -0.25) is 14.4 Å². The van der Waals surface area contributed by atoms with E-state index in [4.69, 9.17) is 28.4 Å². The molecule has 10 nitrogen and oxygen atoms in total. The monoisotopic (exact) mass is 390 g/mol. The maximum atomic E-state index is 12.2. The number of carbonyl (C=O) groups is 4. The van der Waals surface area contributed by atoms with Gasteiger partial charge in [-0.25, -0.2) is 4.79 Å². The Balaban J connectivity index is 3.36. The molecule has 0 spiro atoms. The number of ether oxygens (including phenoxy) is 6. The molecule has 0 amide bonds. The lowest BCUT2D eigenvalue weighted by Crippen LogP contribution is -2.64. The van der Waals surface area contributed by atoms with Crippen molar-refractivity contribution in [3.8, 4) is 0 Å². The first kappa shape index (κ1) is 22.8. The smallest absolute Gasteiger partial charge is 0.339 e. The number of rotatable bonds is 7. The summed E-state index contributed by atoms with van der Waals surface area (Å²) >= 11 is 0. The minimum Gasteiger partial charge on any atom is -0.467 e. The van der Waals surface area contributed by atoms with Crippen molar-refractivity contribution in [1.82, 2.24) is 0 Å². The van der Waals surface area contributed by atoms with Gasteiger partial charge in [-0.1, -0.05) is 6.92 Å². The molecule has 10 heteroatoms. The van der Waals surface area contributed by atoms with Crippen LogP contribution in [0.1, 0.15) is 41.0 Å². The van der Waals surface area contributed by atoms with Gasteiger partial charge in [-0.2, -0.15) is 0 Å². The van der Waals surface area contributed by atoms with Gasteiger partial charge in [-0.15, -0.1) is 0 Å².